The highest BCUT2D eigenvalue weighted by atomic mass is 127. The molecule has 19 rings (SSSR count). The number of amides is 6. The Hall–Kier alpha value is -12.4. The minimum Gasteiger partial charge on any atom is -0.481 e. The van der Waals surface area contributed by atoms with E-state index in [4.69, 9.17) is 5.11 Å². The lowest BCUT2D eigenvalue weighted by molar-refractivity contribution is -0.142. The van der Waals surface area contributed by atoms with Gasteiger partial charge in [-0.3, -0.25) is 47.9 Å². The number of aryl methyl sites for hydroxylation is 3. The van der Waals surface area contributed by atoms with Gasteiger partial charge in [-0.25, -0.2) is 14.0 Å². The molecule has 7 N–H and O–H groups in total. The summed E-state index contributed by atoms with van der Waals surface area (Å²) in [6.45, 7) is 7.70. The van der Waals surface area contributed by atoms with Gasteiger partial charge >= 0.3 is 5.97 Å². The van der Waals surface area contributed by atoms with Crippen LogP contribution in [0.15, 0.2) is 234 Å². The third-order valence-electron chi connectivity index (χ3n) is 23.5. The van der Waals surface area contributed by atoms with Crippen molar-refractivity contribution in [1.29, 1.82) is 0 Å². The number of carbonyl (C=O) groups excluding carboxylic acids is 6. The topological polar surface area (TPSA) is 340 Å². The van der Waals surface area contributed by atoms with Crippen molar-refractivity contribution >= 4 is 108 Å². The highest BCUT2D eigenvalue weighted by Gasteiger charge is 2.52. The van der Waals surface area contributed by atoms with Crippen LogP contribution in [0.2, 0.25) is 0 Å². The number of nitrogens with two attached hydrogens (primary N) is 1. The molecule has 6 aromatic heterocycles. The van der Waals surface area contributed by atoms with E-state index in [-0.39, 0.29) is 123 Å². The summed E-state index contributed by atoms with van der Waals surface area (Å²) < 4.78 is 11.2. The van der Waals surface area contributed by atoms with Gasteiger partial charge in [0.25, 0.3) is 0 Å². The number of halogens is 1. The molecule has 0 radical (unpaired) electrons. The summed E-state index contributed by atoms with van der Waals surface area (Å²) in [5, 5.41) is 36.9. The SMILES string of the molecule is CC1(C(=O)N[C@H]2CC(=O)N[C@@H]2c2ccccc2)CC1.CC1(C(=O)O)CC1.CN.Cn1cc(-n2ncc3cc(I)ccc32)ccc1=O.Cn1cc(-n2ncc3cc(N4C(=O)C[C@@H](NC(=O)C5(C)CC5)[C@@H]4c4ccccc4)ccc32)ccc1=O.Cn1cc(-n2ncc3cc(N4C(=O)C[C@H](NC(=O)C5(C)CC5)[C@H]4c4ccccc4)ccc32)ccc1=O. The maximum atomic E-state index is 13.4. The zero-order valence-corrected chi connectivity index (χ0v) is 69.1. The van der Waals surface area contributed by atoms with Crippen molar-refractivity contribution in [2.45, 2.75) is 135 Å². The van der Waals surface area contributed by atoms with E-state index < -0.39 is 5.97 Å². The lowest BCUT2D eigenvalue weighted by Crippen LogP contribution is -2.42. The number of nitrogens with one attached hydrogen (secondary N) is 4. The summed E-state index contributed by atoms with van der Waals surface area (Å²) in [6.07, 6.45) is 18.6. The molecule has 118 heavy (non-hydrogen) atoms. The van der Waals surface area contributed by atoms with Crippen molar-refractivity contribution in [2.75, 3.05) is 16.8 Å². The van der Waals surface area contributed by atoms with Gasteiger partial charge in [0.2, 0.25) is 52.1 Å². The predicted octanol–water partition coefficient (Wildman–Crippen LogP) is 11.3. The van der Waals surface area contributed by atoms with E-state index in [0.717, 1.165) is 129 Å². The molecule has 6 amide bonds. The molecule has 27 nitrogen and oxygen atoms in total. The molecule has 12 aromatic rings. The van der Waals surface area contributed by atoms with Crippen molar-refractivity contribution in [1.82, 2.24) is 64.3 Å². The summed E-state index contributed by atoms with van der Waals surface area (Å²) in [5.41, 5.74) is 12.9. The molecule has 7 aliphatic rings. The molecular weight excluding hydrogens is 1610 g/mol. The average molecular weight is 1700 g/mol. The number of carboxylic acid groups (broad SMARTS) is 1. The molecule has 9 heterocycles. The molecule has 0 bridgehead atoms. The smallest absolute Gasteiger partial charge is 0.309 e. The van der Waals surface area contributed by atoms with Gasteiger partial charge in [-0.15, -0.1) is 0 Å². The number of pyridine rings is 3. The highest BCUT2D eigenvalue weighted by molar-refractivity contribution is 14.1. The van der Waals surface area contributed by atoms with E-state index in [0.29, 0.717) is 6.42 Å². The number of hydrogen-bond donors (Lipinski definition) is 6. The second-order valence-electron chi connectivity index (χ2n) is 32.5. The summed E-state index contributed by atoms with van der Waals surface area (Å²) in [4.78, 5) is 125. The lowest BCUT2D eigenvalue weighted by atomic mass is 9.98. The molecule has 28 heteroatoms. The quantitative estimate of drug-likeness (QED) is 0.0520. The van der Waals surface area contributed by atoms with Crippen LogP contribution in [0.1, 0.15) is 133 Å². The third-order valence-corrected chi connectivity index (χ3v) is 24.1. The largest absolute Gasteiger partial charge is 0.481 e. The molecule has 7 fully saturated rings. The Morgan fingerprint density at radius 3 is 1.07 bits per heavy atom. The summed E-state index contributed by atoms with van der Waals surface area (Å²) >= 11 is 2.28. The maximum Gasteiger partial charge on any atom is 0.309 e. The molecular formula is C90H95IN16O11. The van der Waals surface area contributed by atoms with E-state index in [1.807, 2.05) is 171 Å². The Labute approximate surface area is 694 Å². The lowest BCUT2D eigenvalue weighted by Gasteiger charge is -2.30. The molecule has 0 spiro atoms. The maximum absolute atomic E-state index is 13.4. The fourth-order valence-corrected chi connectivity index (χ4v) is 15.4. The van der Waals surface area contributed by atoms with Crippen molar-refractivity contribution in [2.24, 2.45) is 48.5 Å². The van der Waals surface area contributed by atoms with Gasteiger partial charge in [-0.05, 0) is 177 Å². The van der Waals surface area contributed by atoms with Gasteiger partial charge in [-0.1, -0.05) is 112 Å². The van der Waals surface area contributed by atoms with E-state index in [1.54, 1.807) is 107 Å². The molecule has 0 unspecified atom stereocenters. The Morgan fingerprint density at radius 1 is 0.415 bits per heavy atom. The first-order valence-corrected chi connectivity index (χ1v) is 40.6. The number of anilines is 2. The second-order valence-corrected chi connectivity index (χ2v) is 33.7. The van der Waals surface area contributed by atoms with Gasteiger partial charge in [0, 0.05) is 125 Å². The van der Waals surface area contributed by atoms with Crippen LogP contribution in [-0.4, -0.2) is 115 Å². The molecule has 6 atom stereocenters. The van der Waals surface area contributed by atoms with Crippen LogP contribution in [0.4, 0.5) is 11.4 Å². The van der Waals surface area contributed by atoms with Crippen LogP contribution in [0.5, 0.6) is 0 Å². The fourth-order valence-electron chi connectivity index (χ4n) is 14.9. The minimum absolute atomic E-state index is 0.0000954. The predicted molar refractivity (Wildman–Crippen MR) is 459 cm³/mol. The average Bonchev–Trinajstić information content (AvgIpc) is 1.60. The molecule has 4 saturated carbocycles. The normalized spacial score (nSPS) is 20.2. The molecule has 3 aliphatic heterocycles. The van der Waals surface area contributed by atoms with Gasteiger partial charge in [0.1, 0.15) is 0 Å². The summed E-state index contributed by atoms with van der Waals surface area (Å²) in [5.74, 6) is -0.573. The molecule has 6 aromatic carbocycles. The molecule has 608 valence electrons. The van der Waals surface area contributed by atoms with Crippen molar-refractivity contribution in [3.63, 3.8) is 0 Å². The highest BCUT2D eigenvalue weighted by Crippen LogP contribution is 2.49. The van der Waals surface area contributed by atoms with Gasteiger partial charge in [0.05, 0.1) is 93.9 Å². The van der Waals surface area contributed by atoms with E-state index in [1.165, 1.54) is 31.9 Å². The Bertz CT molecular complexity index is 5780. The van der Waals surface area contributed by atoms with E-state index in [9.17, 15) is 47.9 Å². The van der Waals surface area contributed by atoms with Crippen molar-refractivity contribution < 1.29 is 38.7 Å². The number of aliphatic carboxylic acids is 1. The van der Waals surface area contributed by atoms with Crippen LogP contribution in [-0.2, 0) is 54.7 Å². The van der Waals surface area contributed by atoms with Crippen molar-refractivity contribution in [3.8, 4) is 17.1 Å². The first-order valence-electron chi connectivity index (χ1n) is 39.5. The summed E-state index contributed by atoms with van der Waals surface area (Å²) in [6, 6.07) is 55.7. The van der Waals surface area contributed by atoms with Gasteiger partial charge in [-0.2, -0.15) is 15.3 Å². The Kier molecular flexibility index (Phi) is 23.4. The van der Waals surface area contributed by atoms with Gasteiger partial charge in [0.15, 0.2) is 0 Å². The second kappa shape index (κ2) is 33.6. The number of fused-ring (bicyclic) bond motifs is 3. The Balaban J connectivity index is 0.000000130. The fraction of sp³-hybridized carbons (Fsp3) is 0.322. The van der Waals surface area contributed by atoms with Crippen LogP contribution in [0.3, 0.4) is 0 Å². The molecule has 4 aliphatic carbocycles. The van der Waals surface area contributed by atoms with Crippen LogP contribution < -0.4 is 53.5 Å². The zero-order valence-electron chi connectivity index (χ0n) is 66.9. The number of hydrogen-bond acceptors (Lipinski definition) is 14. The number of carbonyl (C=O) groups is 7. The number of carboxylic acids is 1. The van der Waals surface area contributed by atoms with Gasteiger partial charge < -0.3 is 55.6 Å². The standard InChI is InChI=1S/2C28H27N5O3.C15H18N2O2.C13H10IN3O.C5H8O2.CH5N/c2*1-28(12-13-28)27(36)30-22-15-25(35)32(26(22)18-6-4-3-5-7-18)20-8-10-23-19(14-20)16-29-33(23)21-9-11-24(34)31(2)17-21;1-15(7-8-15)14(19)16-11-9-12(18)17-13(11)10-5-3-2-4-6-10;1-16-8-11(3-5-13(16)18)17-12-4-2-10(14)6-9(12)7-15-17;1-5(2-3-5)4(6)7;1-2/h2*3-11,14,16-17,22,26H,12-13,15H2,1-2H3,(H,30,36);2-6,11,13H,7-9H2,1H3,(H,16,19)(H,17,18);2-8H,1H3;2-3H2,1H3,(H,6,7);2H2,1H3/t2*22-,26+;11-,13+;;;/m100.../s1. The van der Waals surface area contributed by atoms with Crippen LogP contribution in [0.25, 0.3) is 49.8 Å². The zero-order chi connectivity index (χ0) is 83.7. The molecule has 3 saturated heterocycles. The number of nitrogens with zero attached hydrogens (tertiary/aromatic N) is 11. The minimum atomic E-state index is -0.646. The van der Waals surface area contributed by atoms with E-state index >= 15 is 0 Å². The van der Waals surface area contributed by atoms with E-state index in [2.05, 4.69) is 71.0 Å². The number of rotatable bonds is 15. The van der Waals surface area contributed by atoms with Crippen molar-refractivity contribution in [3.05, 3.63) is 270 Å². The number of benzene rings is 6. The monoisotopic (exact) mass is 1700 g/mol. The van der Waals surface area contributed by atoms with Crippen LogP contribution >= 0.6 is 22.6 Å². The van der Waals surface area contributed by atoms with Crippen LogP contribution in [0, 0.1) is 25.2 Å². The first-order chi connectivity index (χ1) is 56.6. The number of aromatic nitrogens is 9. The third kappa shape index (κ3) is 17.6. The Morgan fingerprint density at radius 2 is 0.737 bits per heavy atom. The summed E-state index contributed by atoms with van der Waals surface area (Å²) in [7, 11) is 6.65. The first kappa shape index (κ1) is 82.1.